The number of nitrogens with zero attached hydrogens (tertiary/aromatic N) is 7. The molecule has 0 unspecified atom stereocenters. The van der Waals surface area contributed by atoms with Crippen LogP contribution in [0.4, 0.5) is 17.6 Å². The number of aromatic nitrogens is 7. The predicted molar refractivity (Wildman–Crippen MR) is 109 cm³/mol. The van der Waals surface area contributed by atoms with E-state index in [4.69, 9.17) is 4.52 Å². The van der Waals surface area contributed by atoms with Gasteiger partial charge in [0.1, 0.15) is 24.2 Å². The van der Waals surface area contributed by atoms with E-state index in [-0.39, 0.29) is 24.7 Å². The van der Waals surface area contributed by atoms with E-state index in [1.807, 2.05) is 0 Å². The monoisotopic (exact) mass is 467 g/mol. The van der Waals surface area contributed by atoms with Gasteiger partial charge in [0.15, 0.2) is 5.82 Å². The maximum absolute atomic E-state index is 14.0. The lowest BCUT2D eigenvalue weighted by Crippen LogP contribution is -2.06. The van der Waals surface area contributed by atoms with Crippen LogP contribution in [0.3, 0.4) is 0 Å². The minimum Gasteiger partial charge on any atom is -0.339 e. The van der Waals surface area contributed by atoms with Gasteiger partial charge in [0.25, 0.3) is 0 Å². The quantitative estimate of drug-likeness (QED) is 0.361. The molecule has 12 heteroatoms. The van der Waals surface area contributed by atoms with Crippen molar-refractivity contribution in [2.24, 2.45) is 0 Å². The fourth-order valence-corrected chi connectivity index (χ4v) is 4.00. The van der Waals surface area contributed by atoms with Crippen LogP contribution >= 0.6 is 0 Å². The number of imidazole rings is 1. The van der Waals surface area contributed by atoms with E-state index >= 15 is 0 Å². The Labute approximate surface area is 188 Å². The Morgan fingerprint density at radius 3 is 2.79 bits per heavy atom. The van der Waals surface area contributed by atoms with E-state index in [0.717, 1.165) is 12.1 Å². The van der Waals surface area contributed by atoms with Gasteiger partial charge in [0, 0.05) is 5.56 Å². The van der Waals surface area contributed by atoms with Crippen LogP contribution in [0.5, 0.6) is 0 Å². The third-order valence-corrected chi connectivity index (χ3v) is 5.53. The minimum absolute atomic E-state index is 0.0301. The summed E-state index contributed by atoms with van der Waals surface area (Å²) in [7, 11) is 0. The molecule has 34 heavy (non-hydrogen) atoms. The van der Waals surface area contributed by atoms with Gasteiger partial charge in [-0.1, -0.05) is 23.4 Å². The smallest absolute Gasteiger partial charge is 0.339 e. The fourth-order valence-electron chi connectivity index (χ4n) is 4.00. The normalized spacial score (nSPS) is 12.7. The number of hydrogen-bond acceptors (Lipinski definition) is 6. The summed E-state index contributed by atoms with van der Waals surface area (Å²) in [4.78, 5) is 13.0. The molecule has 0 radical (unpaired) electrons. The van der Waals surface area contributed by atoms with Crippen LogP contribution in [0.2, 0.25) is 0 Å². The van der Waals surface area contributed by atoms with Gasteiger partial charge in [0.05, 0.1) is 29.9 Å². The molecular weight excluding hydrogens is 454 g/mol. The predicted octanol–water partition coefficient (Wildman–Crippen LogP) is 4.29. The number of benzene rings is 2. The largest absolute Gasteiger partial charge is 0.416 e. The molecule has 0 saturated carbocycles. The highest BCUT2D eigenvalue weighted by molar-refractivity contribution is 5.70. The van der Waals surface area contributed by atoms with Crippen LogP contribution < -0.4 is 0 Å². The summed E-state index contributed by atoms with van der Waals surface area (Å²) in [6.45, 7) is 0.262. The number of alkyl halides is 3. The molecule has 5 aromatic rings. The van der Waals surface area contributed by atoms with E-state index in [0.29, 0.717) is 34.0 Å². The number of hydrogen-bond donors (Lipinski definition) is 0. The van der Waals surface area contributed by atoms with Crippen LogP contribution in [-0.2, 0) is 19.1 Å². The Balaban J connectivity index is 1.37. The van der Waals surface area contributed by atoms with E-state index in [1.165, 1.54) is 24.5 Å². The van der Waals surface area contributed by atoms with E-state index < -0.39 is 17.6 Å². The second-order valence-electron chi connectivity index (χ2n) is 7.70. The summed E-state index contributed by atoms with van der Waals surface area (Å²) in [5, 5.41) is 8.22. The van der Waals surface area contributed by atoms with Crippen molar-refractivity contribution >= 4 is 0 Å². The van der Waals surface area contributed by atoms with Gasteiger partial charge in [0.2, 0.25) is 11.7 Å². The molecule has 3 aromatic heterocycles. The molecule has 0 spiro atoms. The van der Waals surface area contributed by atoms with Crippen LogP contribution in [0.25, 0.3) is 28.6 Å². The third kappa shape index (κ3) is 3.34. The van der Waals surface area contributed by atoms with E-state index in [9.17, 15) is 17.6 Å². The highest BCUT2D eigenvalue weighted by Gasteiger charge is 2.31. The zero-order chi connectivity index (χ0) is 23.4. The fraction of sp³-hybridized carbons (Fsp3) is 0.136. The standard InChI is InChI=1S/C22H13F4N7O/c23-14-4-5-16-15(8-14)21-27-10-29-33(21)9-17-19(28-11-32(16)17)20-30-18(34-31-20)7-12-2-1-3-13(6-12)22(24,25)26/h1-6,8,10-11H,7,9H2. The second kappa shape index (κ2) is 7.33. The average molecular weight is 467 g/mol. The molecule has 0 fully saturated rings. The van der Waals surface area contributed by atoms with Gasteiger partial charge >= 0.3 is 6.18 Å². The first kappa shape index (κ1) is 20.3. The molecule has 0 saturated heterocycles. The average Bonchev–Trinajstić information content (AvgIpc) is 3.53. The summed E-state index contributed by atoms with van der Waals surface area (Å²) in [5.74, 6) is 0.425. The molecule has 170 valence electrons. The Hall–Kier alpha value is -4.35. The van der Waals surface area contributed by atoms with Gasteiger partial charge in [-0.05, 0) is 29.8 Å². The van der Waals surface area contributed by atoms with Crippen molar-refractivity contribution in [3.05, 3.63) is 83.6 Å². The molecule has 2 aromatic carbocycles. The maximum Gasteiger partial charge on any atom is 0.416 e. The van der Waals surface area contributed by atoms with Crippen molar-refractivity contribution in [3.63, 3.8) is 0 Å². The van der Waals surface area contributed by atoms with Gasteiger partial charge < -0.3 is 4.52 Å². The lowest BCUT2D eigenvalue weighted by molar-refractivity contribution is -0.137. The number of fused-ring (bicyclic) bond motifs is 5. The highest BCUT2D eigenvalue weighted by atomic mass is 19.4. The maximum atomic E-state index is 14.0. The first-order valence-electron chi connectivity index (χ1n) is 10.1. The molecule has 8 nitrogen and oxygen atoms in total. The minimum atomic E-state index is -4.44. The van der Waals surface area contributed by atoms with Crippen molar-refractivity contribution in [1.29, 1.82) is 0 Å². The summed E-state index contributed by atoms with van der Waals surface area (Å²) < 4.78 is 61.7. The molecule has 1 aliphatic heterocycles. The molecule has 0 N–H and O–H groups in total. The molecule has 6 rings (SSSR count). The molecule has 0 amide bonds. The molecular formula is C22H13F4N7O. The van der Waals surface area contributed by atoms with Crippen molar-refractivity contribution < 1.29 is 22.1 Å². The summed E-state index contributed by atoms with van der Waals surface area (Å²) in [5.41, 5.74) is 1.94. The zero-order valence-electron chi connectivity index (χ0n) is 17.2. The molecule has 4 heterocycles. The van der Waals surface area contributed by atoms with Crippen LogP contribution in [-0.4, -0.2) is 34.5 Å². The second-order valence-corrected chi connectivity index (χ2v) is 7.70. The Morgan fingerprint density at radius 1 is 1.06 bits per heavy atom. The summed E-state index contributed by atoms with van der Waals surface area (Å²) in [6, 6.07) is 9.30. The lowest BCUT2D eigenvalue weighted by atomic mass is 10.1. The van der Waals surface area contributed by atoms with Crippen LogP contribution in [0.15, 0.2) is 59.6 Å². The topological polar surface area (TPSA) is 87.4 Å². The van der Waals surface area contributed by atoms with Gasteiger partial charge in [-0.3, -0.25) is 4.57 Å². The first-order valence-corrected chi connectivity index (χ1v) is 10.1. The third-order valence-electron chi connectivity index (χ3n) is 5.53. The van der Waals surface area contributed by atoms with Crippen molar-refractivity contribution in [2.75, 3.05) is 0 Å². The molecule has 0 atom stereocenters. The number of halogens is 4. The Bertz CT molecular complexity index is 1530. The van der Waals surface area contributed by atoms with Crippen molar-refractivity contribution in [1.82, 2.24) is 34.5 Å². The molecule has 0 bridgehead atoms. The Morgan fingerprint density at radius 2 is 1.94 bits per heavy atom. The lowest BCUT2D eigenvalue weighted by Gasteiger charge is -2.08. The van der Waals surface area contributed by atoms with Crippen LogP contribution in [0.1, 0.15) is 22.7 Å². The van der Waals surface area contributed by atoms with Gasteiger partial charge in [-0.2, -0.15) is 23.3 Å². The van der Waals surface area contributed by atoms with Crippen LogP contribution in [0, 0.1) is 5.82 Å². The summed E-state index contributed by atoms with van der Waals surface area (Å²) in [6.07, 6.45) is -1.46. The van der Waals surface area contributed by atoms with Crippen molar-refractivity contribution in [2.45, 2.75) is 19.1 Å². The SMILES string of the molecule is Fc1ccc2c(c1)-c1ncnn1Cc1c(-c3noc(Cc4cccc(C(F)(F)F)c4)n3)ncn1-2. The molecule has 0 aliphatic carbocycles. The van der Waals surface area contributed by atoms with Gasteiger partial charge in [-0.15, -0.1) is 0 Å². The highest BCUT2D eigenvalue weighted by Crippen LogP contribution is 2.34. The molecule has 1 aliphatic rings. The van der Waals surface area contributed by atoms with Gasteiger partial charge in [-0.25, -0.2) is 19.0 Å². The van der Waals surface area contributed by atoms with E-state index in [1.54, 1.807) is 27.7 Å². The van der Waals surface area contributed by atoms with E-state index in [2.05, 4.69) is 25.2 Å². The zero-order valence-corrected chi connectivity index (χ0v) is 17.2. The Kier molecular flexibility index (Phi) is 4.37. The first-order chi connectivity index (χ1) is 16.4. The summed E-state index contributed by atoms with van der Waals surface area (Å²) >= 11 is 0. The number of rotatable bonds is 3. The van der Waals surface area contributed by atoms with Crippen molar-refractivity contribution in [3.8, 4) is 28.6 Å².